The minimum Gasteiger partial charge on any atom is -0.424 e. The average molecular weight is 464 g/mol. The number of carbonyl (C=O) groups is 1. The molecule has 0 bridgehead atoms. The Labute approximate surface area is 203 Å². The lowest BCUT2D eigenvalue weighted by Crippen LogP contribution is -2.51. The van der Waals surface area contributed by atoms with Crippen molar-refractivity contribution in [2.45, 2.75) is 64.8 Å². The predicted molar refractivity (Wildman–Crippen MR) is 133 cm³/mol. The number of benzene rings is 1. The third-order valence-corrected chi connectivity index (χ3v) is 7.25. The molecule has 2 aliphatic rings. The normalized spacial score (nSPS) is 18.2. The summed E-state index contributed by atoms with van der Waals surface area (Å²) in [6.07, 6.45) is 6.67. The number of anilines is 1. The number of carbonyl (C=O) groups excluding carboxylic acids is 1. The Morgan fingerprint density at radius 3 is 2.44 bits per heavy atom. The van der Waals surface area contributed by atoms with E-state index in [0.29, 0.717) is 62.0 Å². The van der Waals surface area contributed by atoms with Crippen molar-refractivity contribution < 1.29 is 9.21 Å². The average Bonchev–Trinajstić information content (AvgIpc) is 3.25. The molecule has 1 atom stereocenters. The van der Waals surface area contributed by atoms with Gasteiger partial charge in [-0.05, 0) is 35.8 Å². The summed E-state index contributed by atoms with van der Waals surface area (Å²) in [5, 5.41) is 12.8. The van der Waals surface area contributed by atoms with Crippen LogP contribution in [0.5, 0.6) is 0 Å². The van der Waals surface area contributed by atoms with Crippen LogP contribution >= 0.6 is 0 Å². The van der Waals surface area contributed by atoms with Crippen LogP contribution in [0.3, 0.4) is 0 Å². The van der Waals surface area contributed by atoms with Gasteiger partial charge in [0, 0.05) is 39.1 Å². The summed E-state index contributed by atoms with van der Waals surface area (Å²) in [6.45, 7) is 8.92. The molecule has 2 aromatic rings. The number of nitrogens with zero attached hydrogens (tertiary/aromatic N) is 4. The Balaban J connectivity index is 1.30. The largest absolute Gasteiger partial charge is 0.424 e. The molecule has 1 amide bonds. The highest BCUT2D eigenvalue weighted by molar-refractivity contribution is 5.78. The molecule has 182 valence electrons. The van der Waals surface area contributed by atoms with Crippen LogP contribution in [-0.4, -0.2) is 48.5 Å². The summed E-state index contributed by atoms with van der Waals surface area (Å²) >= 11 is 0. The van der Waals surface area contributed by atoms with Crippen molar-refractivity contribution in [3.05, 3.63) is 47.0 Å². The minimum absolute atomic E-state index is 0.110. The molecule has 0 radical (unpaired) electrons. The molecule has 7 heteroatoms. The monoisotopic (exact) mass is 463 g/mol. The summed E-state index contributed by atoms with van der Waals surface area (Å²) < 4.78 is 5.62. The highest BCUT2D eigenvalue weighted by Crippen LogP contribution is 2.33. The minimum atomic E-state index is 0.110. The first-order valence-electron chi connectivity index (χ1n) is 12.7. The van der Waals surface area contributed by atoms with E-state index in [0.717, 1.165) is 0 Å². The van der Waals surface area contributed by atoms with Gasteiger partial charge in [-0.15, -0.1) is 0 Å². The predicted octanol–water partition coefficient (Wildman–Crippen LogP) is 4.54. The van der Waals surface area contributed by atoms with Gasteiger partial charge in [0.15, 0.2) is 5.89 Å². The molecule has 0 spiro atoms. The van der Waals surface area contributed by atoms with Crippen LogP contribution in [0.4, 0.5) is 5.88 Å². The third-order valence-electron chi connectivity index (χ3n) is 7.25. The first kappa shape index (κ1) is 24.3. The van der Waals surface area contributed by atoms with Crippen LogP contribution in [0.15, 0.2) is 28.7 Å². The summed E-state index contributed by atoms with van der Waals surface area (Å²) in [5.74, 6) is 2.20. The van der Waals surface area contributed by atoms with Crippen LogP contribution in [0, 0.1) is 24.2 Å². The van der Waals surface area contributed by atoms with Crippen molar-refractivity contribution >= 4 is 11.8 Å². The lowest BCUT2D eigenvalue weighted by molar-refractivity contribution is -0.130. The van der Waals surface area contributed by atoms with Crippen LogP contribution in [-0.2, 0) is 4.79 Å². The summed E-state index contributed by atoms with van der Waals surface area (Å²) in [7, 11) is 0. The van der Waals surface area contributed by atoms with Gasteiger partial charge in [-0.1, -0.05) is 57.4 Å². The topological polar surface area (TPSA) is 85.4 Å². The number of aromatic nitrogens is 1. The number of hydrogen-bond acceptors (Lipinski definition) is 6. The number of amides is 1. The Morgan fingerprint density at radius 2 is 1.82 bits per heavy atom. The maximum absolute atomic E-state index is 12.9. The zero-order chi connectivity index (χ0) is 24.1. The smallest absolute Gasteiger partial charge is 0.236 e. The van der Waals surface area contributed by atoms with Gasteiger partial charge >= 0.3 is 0 Å². The molecule has 1 unspecified atom stereocenters. The molecular formula is C27H37N5O2. The number of piperazine rings is 1. The standard InChI is InChI=1S/C27H37N5O2/c1-19(2)26(23-11-9-22(10-12-23)21-7-5-4-6-8-21)29-18-25(33)31-13-15-32(16-14-31)27-24(17-28)30-20(3)34-27/h9-12,19,21,26,29H,4-8,13-16,18H2,1-3H3. The number of aryl methyl sites for hydroxylation is 1. The number of nitrogens with one attached hydrogen (secondary N) is 1. The summed E-state index contributed by atoms with van der Waals surface area (Å²) in [6, 6.07) is 11.3. The Bertz CT molecular complexity index is 993. The van der Waals surface area contributed by atoms with Gasteiger partial charge in [0.05, 0.1) is 6.54 Å². The van der Waals surface area contributed by atoms with E-state index in [9.17, 15) is 10.1 Å². The Hall–Kier alpha value is -2.85. The van der Waals surface area contributed by atoms with E-state index < -0.39 is 0 Å². The molecule has 2 heterocycles. The molecule has 1 saturated heterocycles. The van der Waals surface area contributed by atoms with Crippen molar-refractivity contribution in [1.82, 2.24) is 15.2 Å². The molecule has 2 fully saturated rings. The maximum atomic E-state index is 12.9. The molecule has 1 aliphatic carbocycles. The molecule has 1 aromatic heterocycles. The fourth-order valence-corrected chi connectivity index (χ4v) is 5.32. The zero-order valence-corrected chi connectivity index (χ0v) is 20.7. The van der Waals surface area contributed by atoms with E-state index in [1.54, 1.807) is 6.92 Å². The SMILES string of the molecule is Cc1nc(C#N)c(N2CCN(C(=O)CNC(c3ccc(C4CCCCC4)cc3)C(C)C)CC2)o1. The molecule has 1 aromatic carbocycles. The lowest BCUT2D eigenvalue weighted by atomic mass is 9.83. The highest BCUT2D eigenvalue weighted by atomic mass is 16.4. The molecular weight excluding hydrogens is 426 g/mol. The van der Waals surface area contributed by atoms with Crippen molar-refractivity contribution in [3.63, 3.8) is 0 Å². The number of hydrogen-bond donors (Lipinski definition) is 1. The van der Waals surface area contributed by atoms with Crippen LogP contribution in [0.25, 0.3) is 0 Å². The van der Waals surface area contributed by atoms with Gasteiger partial charge < -0.3 is 19.5 Å². The first-order chi connectivity index (χ1) is 16.5. The van der Waals surface area contributed by atoms with E-state index in [-0.39, 0.29) is 11.9 Å². The van der Waals surface area contributed by atoms with Gasteiger partial charge in [-0.3, -0.25) is 4.79 Å². The molecule has 1 N–H and O–H groups in total. The van der Waals surface area contributed by atoms with E-state index in [1.807, 2.05) is 9.80 Å². The first-order valence-corrected chi connectivity index (χ1v) is 12.7. The van der Waals surface area contributed by atoms with Crippen molar-refractivity contribution in [2.75, 3.05) is 37.6 Å². The third kappa shape index (κ3) is 5.61. The number of nitriles is 1. The van der Waals surface area contributed by atoms with Gasteiger partial charge in [0.2, 0.25) is 17.5 Å². The number of oxazole rings is 1. The lowest BCUT2D eigenvalue weighted by Gasteiger charge is -2.35. The van der Waals surface area contributed by atoms with Crippen LogP contribution in [0.1, 0.15) is 80.6 Å². The fraction of sp³-hybridized carbons (Fsp3) is 0.593. The van der Waals surface area contributed by atoms with E-state index in [4.69, 9.17) is 4.42 Å². The second kappa shape index (κ2) is 11.1. The second-order valence-electron chi connectivity index (χ2n) is 9.97. The van der Waals surface area contributed by atoms with Crippen molar-refractivity contribution in [1.29, 1.82) is 5.26 Å². The molecule has 7 nitrogen and oxygen atoms in total. The van der Waals surface area contributed by atoms with E-state index in [2.05, 4.69) is 54.5 Å². The molecule has 1 saturated carbocycles. The van der Waals surface area contributed by atoms with Crippen LogP contribution < -0.4 is 10.2 Å². The van der Waals surface area contributed by atoms with Crippen LogP contribution in [0.2, 0.25) is 0 Å². The van der Waals surface area contributed by atoms with Gasteiger partial charge in [-0.25, -0.2) is 4.98 Å². The Kier molecular flexibility index (Phi) is 7.89. The highest BCUT2D eigenvalue weighted by Gasteiger charge is 2.26. The van der Waals surface area contributed by atoms with E-state index >= 15 is 0 Å². The summed E-state index contributed by atoms with van der Waals surface area (Å²) in [5.41, 5.74) is 3.02. The van der Waals surface area contributed by atoms with Gasteiger partial charge in [0.1, 0.15) is 6.07 Å². The quantitative estimate of drug-likeness (QED) is 0.649. The van der Waals surface area contributed by atoms with Gasteiger partial charge in [-0.2, -0.15) is 5.26 Å². The molecule has 1 aliphatic heterocycles. The van der Waals surface area contributed by atoms with Crippen molar-refractivity contribution in [3.8, 4) is 6.07 Å². The second-order valence-corrected chi connectivity index (χ2v) is 9.97. The van der Waals surface area contributed by atoms with Gasteiger partial charge in [0.25, 0.3) is 0 Å². The number of rotatable bonds is 7. The zero-order valence-electron chi connectivity index (χ0n) is 20.7. The Morgan fingerprint density at radius 1 is 1.15 bits per heavy atom. The van der Waals surface area contributed by atoms with E-state index in [1.165, 1.54) is 43.2 Å². The molecule has 4 rings (SSSR count). The van der Waals surface area contributed by atoms with Crippen molar-refractivity contribution in [2.24, 2.45) is 5.92 Å². The fourth-order valence-electron chi connectivity index (χ4n) is 5.32. The summed E-state index contributed by atoms with van der Waals surface area (Å²) in [4.78, 5) is 21.0. The molecule has 34 heavy (non-hydrogen) atoms. The maximum Gasteiger partial charge on any atom is 0.236 e.